The molecule has 0 spiro atoms. The summed E-state index contributed by atoms with van der Waals surface area (Å²) in [6, 6.07) is 17.5. The summed E-state index contributed by atoms with van der Waals surface area (Å²) in [5.41, 5.74) is 5.57. The quantitative estimate of drug-likeness (QED) is 0.619. The molecular formula is C20H19N3O4. The molecule has 0 bridgehead atoms. The molecule has 0 radical (unpaired) electrons. The van der Waals surface area contributed by atoms with Crippen molar-refractivity contribution in [2.24, 2.45) is 0 Å². The van der Waals surface area contributed by atoms with E-state index >= 15 is 0 Å². The van der Waals surface area contributed by atoms with E-state index in [-0.39, 0.29) is 5.56 Å². The molecule has 7 heteroatoms. The zero-order valence-electron chi connectivity index (χ0n) is 14.9. The zero-order valence-corrected chi connectivity index (χ0v) is 14.9. The van der Waals surface area contributed by atoms with E-state index in [1.807, 2.05) is 36.4 Å². The van der Waals surface area contributed by atoms with E-state index in [0.29, 0.717) is 17.2 Å². The molecule has 0 aliphatic carbocycles. The Morgan fingerprint density at radius 2 is 1.44 bits per heavy atom. The highest BCUT2D eigenvalue weighted by Gasteiger charge is 2.11. The molecule has 7 nitrogen and oxygen atoms in total. The molecule has 0 aliphatic heterocycles. The summed E-state index contributed by atoms with van der Waals surface area (Å²) >= 11 is 0. The molecule has 0 atom stereocenters. The van der Waals surface area contributed by atoms with Gasteiger partial charge in [-0.3, -0.25) is 10.2 Å². The second-order valence-corrected chi connectivity index (χ2v) is 5.70. The van der Waals surface area contributed by atoms with Gasteiger partial charge in [-0.2, -0.15) is 0 Å². The van der Waals surface area contributed by atoms with Crippen LogP contribution in [0.1, 0.15) is 10.4 Å². The molecule has 3 aromatic rings. The van der Waals surface area contributed by atoms with Crippen molar-refractivity contribution in [3.8, 4) is 11.5 Å². The fourth-order valence-corrected chi connectivity index (χ4v) is 2.55. The third-order valence-electron chi connectivity index (χ3n) is 3.91. The molecule has 3 N–H and O–H groups in total. The molecule has 0 saturated carbocycles. The van der Waals surface area contributed by atoms with Crippen molar-refractivity contribution in [1.82, 2.24) is 10.9 Å². The van der Waals surface area contributed by atoms with Crippen LogP contribution in [0, 0.1) is 0 Å². The van der Waals surface area contributed by atoms with E-state index < -0.39 is 11.9 Å². The number of fused-ring (bicyclic) bond motifs is 1. The maximum Gasteiger partial charge on any atom is 0.337 e. The van der Waals surface area contributed by atoms with E-state index in [2.05, 4.69) is 16.2 Å². The molecule has 0 aliphatic rings. The van der Waals surface area contributed by atoms with Crippen LogP contribution < -0.4 is 25.6 Å². The second-order valence-electron chi connectivity index (χ2n) is 5.70. The number of hydrogen-bond donors (Lipinski definition) is 3. The van der Waals surface area contributed by atoms with Gasteiger partial charge in [0, 0.05) is 17.3 Å². The lowest BCUT2D eigenvalue weighted by atomic mass is 10.1. The average molecular weight is 365 g/mol. The van der Waals surface area contributed by atoms with E-state index in [9.17, 15) is 9.59 Å². The summed E-state index contributed by atoms with van der Waals surface area (Å²) in [5, 5.41) is 4.75. The number of urea groups is 1. The van der Waals surface area contributed by atoms with Crippen LogP contribution in [0.4, 0.5) is 10.5 Å². The first-order valence-corrected chi connectivity index (χ1v) is 8.18. The second kappa shape index (κ2) is 8.09. The molecule has 0 saturated heterocycles. The number of carbonyl (C=O) groups excluding carboxylic acids is 2. The van der Waals surface area contributed by atoms with Crippen LogP contribution in [0.5, 0.6) is 11.5 Å². The number of anilines is 1. The van der Waals surface area contributed by atoms with Crippen molar-refractivity contribution in [1.29, 1.82) is 0 Å². The van der Waals surface area contributed by atoms with Crippen LogP contribution in [-0.2, 0) is 0 Å². The normalized spacial score (nSPS) is 10.1. The first-order chi connectivity index (χ1) is 13.1. The van der Waals surface area contributed by atoms with E-state index in [4.69, 9.17) is 9.47 Å². The van der Waals surface area contributed by atoms with E-state index in [1.165, 1.54) is 14.2 Å². The van der Waals surface area contributed by atoms with Gasteiger partial charge in [0.05, 0.1) is 14.2 Å². The molecule has 138 valence electrons. The molecule has 3 aromatic carbocycles. The van der Waals surface area contributed by atoms with Gasteiger partial charge in [0.15, 0.2) is 0 Å². The highest BCUT2D eigenvalue weighted by atomic mass is 16.5. The van der Waals surface area contributed by atoms with Crippen LogP contribution in [0.25, 0.3) is 10.8 Å². The van der Waals surface area contributed by atoms with Crippen molar-refractivity contribution in [2.75, 3.05) is 19.5 Å². The lowest BCUT2D eigenvalue weighted by Gasteiger charge is -2.11. The number of carbonyl (C=O) groups is 2. The Morgan fingerprint density at radius 1 is 0.778 bits per heavy atom. The van der Waals surface area contributed by atoms with Crippen molar-refractivity contribution in [3.63, 3.8) is 0 Å². The summed E-state index contributed by atoms with van der Waals surface area (Å²) in [6.07, 6.45) is 0. The molecule has 0 unspecified atom stereocenters. The number of rotatable bonds is 4. The topological polar surface area (TPSA) is 88.7 Å². The first-order valence-electron chi connectivity index (χ1n) is 8.18. The van der Waals surface area contributed by atoms with E-state index in [1.54, 1.807) is 24.3 Å². The molecule has 27 heavy (non-hydrogen) atoms. The number of hydrogen-bond acceptors (Lipinski definition) is 4. The minimum Gasteiger partial charge on any atom is -0.497 e. The number of ether oxygens (including phenoxy) is 2. The summed E-state index contributed by atoms with van der Waals surface area (Å²) in [6.45, 7) is 0. The van der Waals surface area contributed by atoms with Crippen LogP contribution >= 0.6 is 0 Å². The van der Waals surface area contributed by atoms with E-state index in [0.717, 1.165) is 10.8 Å². The summed E-state index contributed by atoms with van der Waals surface area (Å²) in [7, 11) is 2.98. The van der Waals surface area contributed by atoms with Crippen molar-refractivity contribution < 1.29 is 19.1 Å². The Bertz CT molecular complexity index is 966. The molecule has 0 fully saturated rings. The summed E-state index contributed by atoms with van der Waals surface area (Å²) in [5.74, 6) is 0.445. The standard InChI is InChI=1S/C20H19N3O4/c1-26-17-10-15(11-18(12-17)27-2)19(24)22-23-20(25)21-16-8-7-13-5-3-4-6-14(13)9-16/h3-12H,1-2H3,(H,22,24)(H2,21,23,25). The Morgan fingerprint density at radius 3 is 2.11 bits per heavy atom. The van der Waals surface area contributed by atoms with Gasteiger partial charge >= 0.3 is 6.03 Å². The summed E-state index contributed by atoms with van der Waals surface area (Å²) < 4.78 is 10.3. The number of methoxy groups -OCH3 is 2. The Balaban J connectivity index is 1.62. The van der Waals surface area contributed by atoms with Crippen LogP contribution in [0.3, 0.4) is 0 Å². The van der Waals surface area contributed by atoms with Crippen LogP contribution in [0.15, 0.2) is 60.7 Å². The van der Waals surface area contributed by atoms with Crippen LogP contribution in [-0.4, -0.2) is 26.2 Å². The van der Waals surface area contributed by atoms with Gasteiger partial charge in [0.1, 0.15) is 11.5 Å². The smallest absolute Gasteiger partial charge is 0.337 e. The van der Waals surface area contributed by atoms with Gasteiger partial charge in [0.25, 0.3) is 5.91 Å². The largest absolute Gasteiger partial charge is 0.497 e. The Labute approximate surface area is 156 Å². The van der Waals surface area contributed by atoms with Gasteiger partial charge in [-0.15, -0.1) is 0 Å². The van der Waals surface area contributed by atoms with Gasteiger partial charge in [0.2, 0.25) is 0 Å². The fraction of sp³-hybridized carbons (Fsp3) is 0.100. The zero-order chi connectivity index (χ0) is 19.2. The van der Waals surface area contributed by atoms with Crippen molar-refractivity contribution >= 4 is 28.4 Å². The van der Waals surface area contributed by atoms with Gasteiger partial charge < -0.3 is 14.8 Å². The van der Waals surface area contributed by atoms with Crippen molar-refractivity contribution in [2.45, 2.75) is 0 Å². The van der Waals surface area contributed by atoms with Gasteiger partial charge in [-0.05, 0) is 35.0 Å². The highest BCUT2D eigenvalue weighted by Crippen LogP contribution is 2.22. The number of nitrogens with one attached hydrogen (secondary N) is 3. The predicted octanol–water partition coefficient (Wildman–Crippen LogP) is 3.32. The lowest BCUT2D eigenvalue weighted by molar-refractivity contribution is 0.0937. The third-order valence-corrected chi connectivity index (χ3v) is 3.91. The fourth-order valence-electron chi connectivity index (χ4n) is 2.55. The lowest BCUT2D eigenvalue weighted by Crippen LogP contribution is -2.43. The molecule has 3 rings (SSSR count). The Hall–Kier alpha value is -3.74. The van der Waals surface area contributed by atoms with Gasteiger partial charge in [-0.25, -0.2) is 10.2 Å². The number of benzene rings is 3. The summed E-state index contributed by atoms with van der Waals surface area (Å²) in [4.78, 5) is 24.3. The van der Waals surface area contributed by atoms with Gasteiger partial charge in [-0.1, -0.05) is 30.3 Å². The minimum absolute atomic E-state index is 0.289. The average Bonchev–Trinajstić information content (AvgIpc) is 2.71. The molecule has 0 aromatic heterocycles. The first kappa shape index (κ1) is 18.1. The molecule has 3 amide bonds. The molecular weight excluding hydrogens is 346 g/mol. The highest BCUT2D eigenvalue weighted by molar-refractivity contribution is 5.98. The monoisotopic (exact) mass is 365 g/mol. The minimum atomic E-state index is -0.562. The van der Waals surface area contributed by atoms with Crippen LogP contribution in [0.2, 0.25) is 0 Å². The Kier molecular flexibility index (Phi) is 5.41. The van der Waals surface area contributed by atoms with Crippen molar-refractivity contribution in [3.05, 3.63) is 66.2 Å². The molecule has 0 heterocycles. The SMILES string of the molecule is COc1cc(OC)cc(C(=O)NNC(=O)Nc2ccc3ccccc3c2)c1. The predicted molar refractivity (Wildman–Crippen MR) is 103 cm³/mol. The maximum atomic E-state index is 12.2. The number of amides is 3. The number of hydrazine groups is 1. The third kappa shape index (κ3) is 4.46. The maximum absolute atomic E-state index is 12.2.